The number of nitrogens with one attached hydrogen (secondary N) is 1. The van der Waals surface area contributed by atoms with E-state index in [0.29, 0.717) is 10.8 Å². The number of halogens is 1. The van der Waals surface area contributed by atoms with Crippen LogP contribution in [0.2, 0.25) is 5.02 Å². The number of benzene rings is 1. The molecule has 0 radical (unpaired) electrons. The summed E-state index contributed by atoms with van der Waals surface area (Å²) in [4.78, 5) is 0. The molecule has 6 heteroatoms. The van der Waals surface area contributed by atoms with Gasteiger partial charge in [0.15, 0.2) is 9.84 Å². The quantitative estimate of drug-likeness (QED) is 0.868. The first-order valence-electron chi connectivity index (χ1n) is 6.90. The summed E-state index contributed by atoms with van der Waals surface area (Å²) in [5.41, 5.74) is 0.915. The van der Waals surface area contributed by atoms with Crippen molar-refractivity contribution in [1.82, 2.24) is 5.32 Å². The molecule has 1 N–H and O–H groups in total. The summed E-state index contributed by atoms with van der Waals surface area (Å²) in [7, 11) is -1.33. The molecule has 0 bridgehead atoms. The normalized spacial score (nSPS) is 14.0. The molecule has 0 aliphatic rings. The first-order valence-corrected chi connectivity index (χ1v) is 8.93. The molecule has 0 amide bonds. The predicted molar refractivity (Wildman–Crippen MR) is 88.0 cm³/mol. The lowest BCUT2D eigenvalue weighted by molar-refractivity contribution is 0.333. The Morgan fingerprint density at radius 3 is 2.48 bits per heavy atom. The molecule has 0 aliphatic heterocycles. The van der Waals surface area contributed by atoms with Crippen molar-refractivity contribution in [3.8, 4) is 5.75 Å². The molecule has 0 saturated carbocycles. The third-order valence-electron chi connectivity index (χ3n) is 3.41. The van der Waals surface area contributed by atoms with Crippen LogP contribution in [0.3, 0.4) is 0 Å². The molecular formula is C15H24ClNO3S. The highest BCUT2D eigenvalue weighted by Crippen LogP contribution is 2.28. The minimum atomic E-state index is -3.18. The highest BCUT2D eigenvalue weighted by Gasteiger charge is 2.28. The van der Waals surface area contributed by atoms with Crippen LogP contribution in [0.1, 0.15) is 39.3 Å². The van der Waals surface area contributed by atoms with Gasteiger partial charge in [-0.3, -0.25) is 0 Å². The van der Waals surface area contributed by atoms with Crippen LogP contribution in [-0.4, -0.2) is 32.6 Å². The van der Waals surface area contributed by atoms with Gasteiger partial charge in [-0.15, -0.1) is 0 Å². The van der Waals surface area contributed by atoms with Crippen molar-refractivity contribution >= 4 is 21.4 Å². The largest absolute Gasteiger partial charge is 0.492 e. The molecule has 0 aliphatic carbocycles. The fourth-order valence-electron chi connectivity index (χ4n) is 1.71. The number of sulfone groups is 1. The summed E-state index contributed by atoms with van der Waals surface area (Å²) in [6.45, 7) is 7.20. The Morgan fingerprint density at radius 2 is 1.95 bits per heavy atom. The summed E-state index contributed by atoms with van der Waals surface area (Å²) in [5, 5.41) is 3.75. The zero-order valence-electron chi connectivity index (χ0n) is 13.2. The van der Waals surface area contributed by atoms with Crippen molar-refractivity contribution in [1.29, 1.82) is 0 Å². The van der Waals surface area contributed by atoms with Crippen LogP contribution in [-0.2, 0) is 9.84 Å². The van der Waals surface area contributed by atoms with E-state index in [1.165, 1.54) is 0 Å². The Morgan fingerprint density at radius 1 is 1.33 bits per heavy atom. The summed E-state index contributed by atoms with van der Waals surface area (Å²) in [6.07, 6.45) is 0. The predicted octanol–water partition coefficient (Wildman–Crippen LogP) is 3.21. The molecule has 120 valence electrons. The minimum Gasteiger partial charge on any atom is -0.492 e. The highest BCUT2D eigenvalue weighted by atomic mass is 35.5. The van der Waals surface area contributed by atoms with Crippen LogP contribution in [0.15, 0.2) is 18.2 Å². The second kappa shape index (κ2) is 6.99. The van der Waals surface area contributed by atoms with Gasteiger partial charge in [0.05, 0.1) is 10.5 Å². The van der Waals surface area contributed by atoms with Gasteiger partial charge in [-0.2, -0.15) is 0 Å². The molecule has 0 spiro atoms. The number of hydrogen-bond acceptors (Lipinski definition) is 4. The van der Waals surface area contributed by atoms with E-state index in [1.54, 1.807) is 32.9 Å². The van der Waals surface area contributed by atoms with Gasteiger partial charge in [-0.1, -0.05) is 11.6 Å². The van der Waals surface area contributed by atoms with Gasteiger partial charge in [-0.05, 0) is 52.9 Å². The average molecular weight is 334 g/mol. The summed E-state index contributed by atoms with van der Waals surface area (Å²) in [6, 6.07) is 5.41. The molecule has 4 nitrogen and oxygen atoms in total. The Kier molecular flexibility index (Phi) is 6.08. The van der Waals surface area contributed by atoms with Gasteiger partial charge in [0.25, 0.3) is 0 Å². The maximum atomic E-state index is 12.1. The van der Waals surface area contributed by atoms with Crippen molar-refractivity contribution in [3.63, 3.8) is 0 Å². The first-order chi connectivity index (χ1) is 9.58. The van der Waals surface area contributed by atoms with E-state index in [9.17, 15) is 8.42 Å². The SMILES string of the molecule is CNC(C)c1cc(Cl)ccc1OCCS(=O)(=O)C(C)(C)C. The third-order valence-corrected chi connectivity index (χ3v) is 6.22. The molecule has 1 aromatic rings. The van der Waals surface area contributed by atoms with Crippen molar-refractivity contribution in [3.05, 3.63) is 28.8 Å². The van der Waals surface area contributed by atoms with E-state index in [4.69, 9.17) is 16.3 Å². The fraction of sp³-hybridized carbons (Fsp3) is 0.600. The van der Waals surface area contributed by atoms with Crippen LogP contribution in [0.25, 0.3) is 0 Å². The van der Waals surface area contributed by atoms with Crippen LogP contribution in [0.4, 0.5) is 0 Å². The van der Waals surface area contributed by atoms with Crippen LogP contribution in [0.5, 0.6) is 5.75 Å². The van der Waals surface area contributed by atoms with E-state index in [-0.39, 0.29) is 18.4 Å². The molecule has 0 fully saturated rings. The van der Waals surface area contributed by atoms with Gasteiger partial charge in [0.2, 0.25) is 0 Å². The van der Waals surface area contributed by atoms with E-state index < -0.39 is 14.6 Å². The molecule has 1 atom stereocenters. The Labute approximate surface area is 132 Å². The van der Waals surface area contributed by atoms with E-state index >= 15 is 0 Å². The van der Waals surface area contributed by atoms with Crippen molar-refractivity contribution in [2.45, 2.75) is 38.5 Å². The van der Waals surface area contributed by atoms with Crippen LogP contribution in [0, 0.1) is 0 Å². The smallest absolute Gasteiger partial charge is 0.158 e. The molecule has 0 aromatic heterocycles. The number of hydrogen-bond donors (Lipinski definition) is 1. The summed E-state index contributed by atoms with van der Waals surface area (Å²) < 4.78 is 29.0. The Hall–Kier alpha value is -0.780. The zero-order chi connectivity index (χ0) is 16.3. The van der Waals surface area contributed by atoms with Crippen molar-refractivity contribution < 1.29 is 13.2 Å². The number of ether oxygens (including phenoxy) is 1. The van der Waals surface area contributed by atoms with E-state index in [1.807, 2.05) is 20.0 Å². The molecule has 0 heterocycles. The Bertz CT molecular complexity index is 579. The van der Waals surface area contributed by atoms with E-state index in [0.717, 1.165) is 5.56 Å². The lowest BCUT2D eigenvalue weighted by atomic mass is 10.1. The van der Waals surface area contributed by atoms with Gasteiger partial charge in [0, 0.05) is 16.6 Å². The topological polar surface area (TPSA) is 55.4 Å². The minimum absolute atomic E-state index is 0.00744. The van der Waals surface area contributed by atoms with Gasteiger partial charge in [0.1, 0.15) is 12.4 Å². The van der Waals surface area contributed by atoms with Gasteiger partial charge < -0.3 is 10.1 Å². The molecule has 1 aromatic carbocycles. The molecule has 21 heavy (non-hydrogen) atoms. The van der Waals surface area contributed by atoms with Crippen molar-refractivity contribution in [2.75, 3.05) is 19.4 Å². The highest BCUT2D eigenvalue weighted by molar-refractivity contribution is 7.92. The maximum Gasteiger partial charge on any atom is 0.158 e. The van der Waals surface area contributed by atoms with Crippen LogP contribution < -0.4 is 10.1 Å². The van der Waals surface area contributed by atoms with Gasteiger partial charge in [-0.25, -0.2) is 8.42 Å². The summed E-state index contributed by atoms with van der Waals surface area (Å²) in [5.74, 6) is 0.650. The fourth-order valence-corrected chi connectivity index (χ4v) is 2.81. The Balaban J connectivity index is 2.81. The third kappa shape index (κ3) is 4.87. The molecule has 1 unspecified atom stereocenters. The monoisotopic (exact) mass is 333 g/mol. The van der Waals surface area contributed by atoms with Crippen LogP contribution >= 0.6 is 11.6 Å². The van der Waals surface area contributed by atoms with Gasteiger partial charge >= 0.3 is 0 Å². The second-order valence-electron chi connectivity index (χ2n) is 5.97. The molecule has 0 saturated heterocycles. The maximum absolute atomic E-state index is 12.1. The standard InChI is InChI=1S/C15H24ClNO3S/c1-11(17-5)13-10-12(16)6-7-14(13)20-8-9-21(18,19)15(2,3)4/h6-7,10-11,17H,8-9H2,1-5H3. The average Bonchev–Trinajstić information content (AvgIpc) is 2.38. The summed E-state index contributed by atoms with van der Waals surface area (Å²) >= 11 is 6.01. The first kappa shape index (κ1) is 18.3. The molecule has 1 rings (SSSR count). The number of rotatable bonds is 6. The second-order valence-corrected chi connectivity index (χ2v) is 9.27. The zero-order valence-corrected chi connectivity index (χ0v) is 14.8. The lowest BCUT2D eigenvalue weighted by Crippen LogP contribution is -2.32. The lowest BCUT2D eigenvalue weighted by Gasteiger charge is -2.20. The molecular weight excluding hydrogens is 310 g/mol. The van der Waals surface area contributed by atoms with Crippen molar-refractivity contribution in [2.24, 2.45) is 0 Å². The van der Waals surface area contributed by atoms with E-state index in [2.05, 4.69) is 5.32 Å².